The van der Waals surface area contributed by atoms with E-state index in [1.165, 1.54) is 19.2 Å². The Balaban J connectivity index is 0.000000424. The summed E-state index contributed by atoms with van der Waals surface area (Å²) < 4.78 is 18.6. The average Bonchev–Trinajstić information content (AvgIpc) is 2.65. The minimum Gasteiger partial charge on any atom is -0.444 e. The van der Waals surface area contributed by atoms with E-state index in [0.717, 1.165) is 11.6 Å². The highest BCUT2D eigenvalue weighted by Crippen LogP contribution is 2.11. The minimum absolute atomic E-state index is 0.0149. The third kappa shape index (κ3) is 9.26. The zero-order valence-corrected chi connectivity index (χ0v) is 18.0. The lowest BCUT2D eigenvalue weighted by atomic mass is 9.80. The Morgan fingerprint density at radius 1 is 1.17 bits per heavy atom. The summed E-state index contributed by atoms with van der Waals surface area (Å²) in [6, 6.07) is 10.4. The van der Waals surface area contributed by atoms with Gasteiger partial charge < -0.3 is 25.4 Å². The van der Waals surface area contributed by atoms with Gasteiger partial charge in [0.05, 0.1) is 5.56 Å². The second kappa shape index (κ2) is 11.5. The highest BCUT2D eigenvalue weighted by molar-refractivity contribution is 6.58. The molecule has 7 nitrogen and oxygen atoms in total. The van der Waals surface area contributed by atoms with Crippen LogP contribution < -0.4 is 16.1 Å². The van der Waals surface area contributed by atoms with Gasteiger partial charge in [0.2, 0.25) is 0 Å². The first-order valence-electron chi connectivity index (χ1n) is 9.02. The van der Waals surface area contributed by atoms with Crippen LogP contribution in [0, 0.1) is 5.82 Å². The zero-order chi connectivity index (χ0) is 22.9. The monoisotopic (exact) mass is 438 g/mol. The average molecular weight is 439 g/mol. The number of hydrogen-bond donors (Lipinski definition) is 4. The van der Waals surface area contributed by atoms with Gasteiger partial charge >= 0.3 is 13.2 Å². The number of carbonyl (C=O) groups is 2. The Bertz CT molecular complexity index is 875. The number of ether oxygens (including phenoxy) is 1. The molecule has 4 N–H and O–H groups in total. The maximum atomic E-state index is 13.7. The van der Waals surface area contributed by atoms with Crippen molar-refractivity contribution in [2.24, 2.45) is 0 Å². The molecule has 0 spiro atoms. The fourth-order valence-electron chi connectivity index (χ4n) is 2.13. The molecule has 162 valence electrons. The molecule has 0 radical (unpaired) electrons. The lowest BCUT2D eigenvalue weighted by molar-refractivity contribution is 0.0541. The molecule has 0 aromatic heterocycles. The number of amides is 2. The van der Waals surface area contributed by atoms with Gasteiger partial charge in [0.25, 0.3) is 5.91 Å². The van der Waals surface area contributed by atoms with E-state index < -0.39 is 18.8 Å². The topological polar surface area (TPSA) is 108 Å². The number of halogens is 2. The number of alkyl carbamates (subject to hydrolysis) is 1. The minimum atomic E-state index is -1.77. The van der Waals surface area contributed by atoms with Crippen LogP contribution in [0.4, 0.5) is 9.18 Å². The maximum absolute atomic E-state index is 13.7. The van der Waals surface area contributed by atoms with Crippen molar-refractivity contribution in [3.63, 3.8) is 0 Å². The lowest BCUT2D eigenvalue weighted by Gasteiger charge is -2.18. The van der Waals surface area contributed by atoms with E-state index in [1.54, 1.807) is 24.3 Å². The summed E-state index contributed by atoms with van der Waals surface area (Å²) in [6.45, 7) is 5.68. The van der Waals surface area contributed by atoms with E-state index >= 15 is 0 Å². The number of nitrogens with one attached hydrogen (secondary N) is 2. The van der Waals surface area contributed by atoms with Crippen LogP contribution in [0.15, 0.2) is 42.5 Å². The molecule has 0 atom stereocenters. The van der Waals surface area contributed by atoms with Crippen LogP contribution in [0.1, 0.15) is 36.7 Å². The molecule has 2 aromatic rings. The third-order valence-electron chi connectivity index (χ3n) is 3.48. The molecule has 0 aliphatic heterocycles. The molecule has 0 aliphatic carbocycles. The van der Waals surface area contributed by atoms with Crippen molar-refractivity contribution in [3.8, 4) is 0 Å². The predicted octanol–water partition coefficient (Wildman–Crippen LogP) is 2.23. The fraction of sp³-hybridized carbons (Fsp3) is 0.300. The van der Waals surface area contributed by atoms with Crippen LogP contribution in [-0.4, -0.2) is 41.8 Å². The number of benzene rings is 2. The largest absolute Gasteiger partial charge is 0.488 e. The van der Waals surface area contributed by atoms with Crippen LogP contribution in [-0.2, 0) is 11.3 Å². The maximum Gasteiger partial charge on any atom is 0.488 e. The van der Waals surface area contributed by atoms with Gasteiger partial charge in [-0.3, -0.25) is 4.79 Å². The molecule has 0 heterocycles. The Morgan fingerprint density at radius 3 is 2.30 bits per heavy atom. The second-order valence-corrected chi connectivity index (χ2v) is 7.61. The highest BCUT2D eigenvalue weighted by Gasteiger charge is 2.17. The fourth-order valence-corrected chi connectivity index (χ4v) is 2.34. The molecule has 0 saturated heterocycles. The van der Waals surface area contributed by atoms with E-state index in [4.69, 9.17) is 26.4 Å². The molecule has 2 amide bonds. The molecular weight excluding hydrogens is 413 g/mol. The van der Waals surface area contributed by atoms with Crippen LogP contribution >= 0.6 is 11.6 Å². The van der Waals surface area contributed by atoms with Gasteiger partial charge in [0.1, 0.15) is 11.4 Å². The molecule has 0 fully saturated rings. The zero-order valence-electron chi connectivity index (χ0n) is 17.2. The van der Waals surface area contributed by atoms with Gasteiger partial charge in [-0.15, -0.1) is 0 Å². The summed E-state index contributed by atoms with van der Waals surface area (Å²) in [5, 5.41) is 23.3. The molecule has 10 heteroatoms. The van der Waals surface area contributed by atoms with Crippen LogP contribution in [0.5, 0.6) is 0 Å². The van der Waals surface area contributed by atoms with Gasteiger partial charge in [0, 0.05) is 18.6 Å². The predicted molar refractivity (Wildman–Crippen MR) is 114 cm³/mol. The standard InChI is InChI=1S/C14H12BClFNO3.C6H13NO2/c16-11-3-1-2-9(6-11)8-18-14(19)12-5-4-10(15(20)21)7-13(12)17;1-6(2,3)9-5(8)7-4/h1-7,20-21H,8H2,(H,18,19);1-4H3,(H,7,8). The van der Waals surface area contributed by atoms with Gasteiger partial charge in [-0.05, 0) is 56.1 Å². The number of carbonyl (C=O) groups excluding carboxylic acids is 2. The van der Waals surface area contributed by atoms with Crippen LogP contribution in [0.25, 0.3) is 0 Å². The molecular formula is C20H25BClFN2O5. The molecule has 30 heavy (non-hydrogen) atoms. The third-order valence-corrected chi connectivity index (χ3v) is 3.72. The van der Waals surface area contributed by atoms with Gasteiger partial charge in [-0.2, -0.15) is 0 Å². The van der Waals surface area contributed by atoms with Gasteiger partial charge in [0.15, 0.2) is 0 Å². The first-order chi connectivity index (χ1) is 13.9. The summed E-state index contributed by atoms with van der Waals surface area (Å²) in [7, 11) is -0.239. The van der Waals surface area contributed by atoms with Crippen LogP contribution in [0.2, 0.25) is 5.02 Å². The lowest BCUT2D eigenvalue weighted by Crippen LogP contribution is -2.31. The van der Waals surface area contributed by atoms with Crippen molar-refractivity contribution < 1.29 is 28.8 Å². The van der Waals surface area contributed by atoms with E-state index in [1.807, 2.05) is 20.8 Å². The quantitative estimate of drug-likeness (QED) is 0.548. The molecule has 0 saturated carbocycles. The normalized spacial score (nSPS) is 10.4. The molecule has 0 aliphatic rings. The van der Waals surface area contributed by atoms with E-state index in [0.29, 0.717) is 5.02 Å². The Labute approximate surface area is 180 Å². The van der Waals surface area contributed by atoms with E-state index in [9.17, 15) is 14.0 Å². The Morgan fingerprint density at radius 2 is 1.83 bits per heavy atom. The van der Waals surface area contributed by atoms with Crippen molar-refractivity contribution in [1.82, 2.24) is 10.6 Å². The van der Waals surface area contributed by atoms with E-state index in [-0.39, 0.29) is 29.3 Å². The van der Waals surface area contributed by atoms with Crippen molar-refractivity contribution in [3.05, 3.63) is 64.4 Å². The molecule has 0 bridgehead atoms. The first-order valence-corrected chi connectivity index (χ1v) is 9.39. The van der Waals surface area contributed by atoms with Gasteiger partial charge in [-0.25, -0.2) is 9.18 Å². The highest BCUT2D eigenvalue weighted by atomic mass is 35.5. The van der Waals surface area contributed by atoms with Crippen molar-refractivity contribution >= 4 is 36.2 Å². The number of rotatable bonds is 4. The summed E-state index contributed by atoms with van der Waals surface area (Å²) in [6.07, 6.45) is -0.387. The van der Waals surface area contributed by atoms with Crippen molar-refractivity contribution in [1.29, 1.82) is 0 Å². The summed E-state index contributed by atoms with van der Waals surface area (Å²) in [5.41, 5.74) is 0.221. The summed E-state index contributed by atoms with van der Waals surface area (Å²) in [4.78, 5) is 22.4. The molecule has 0 unspecified atom stereocenters. The summed E-state index contributed by atoms with van der Waals surface area (Å²) in [5.74, 6) is -1.41. The summed E-state index contributed by atoms with van der Waals surface area (Å²) >= 11 is 5.83. The van der Waals surface area contributed by atoms with Crippen molar-refractivity contribution in [2.75, 3.05) is 7.05 Å². The van der Waals surface area contributed by atoms with Crippen molar-refractivity contribution in [2.45, 2.75) is 32.9 Å². The van der Waals surface area contributed by atoms with Gasteiger partial charge in [-0.1, -0.05) is 29.8 Å². The smallest absolute Gasteiger partial charge is 0.444 e. The number of hydrogen-bond acceptors (Lipinski definition) is 5. The molecule has 2 aromatic carbocycles. The second-order valence-electron chi connectivity index (χ2n) is 7.18. The Kier molecular flexibility index (Phi) is 9.78. The SMILES string of the molecule is CNC(=O)OC(C)(C)C.O=C(NCc1cccc(Cl)c1)c1ccc(B(O)O)cc1F. The van der Waals surface area contributed by atoms with Crippen LogP contribution in [0.3, 0.4) is 0 Å². The van der Waals surface area contributed by atoms with E-state index in [2.05, 4.69) is 10.6 Å². The molecule has 2 rings (SSSR count). The Hall–Kier alpha value is -2.62. The first kappa shape index (κ1) is 25.4.